The molecule has 0 fully saturated rings. The Bertz CT molecular complexity index is 400. The molecule has 4 N–H and O–H groups in total. The van der Waals surface area contributed by atoms with Gasteiger partial charge in [0.1, 0.15) is 5.84 Å². The molecule has 1 rings (SSSR count). The van der Waals surface area contributed by atoms with Crippen LogP contribution in [0.5, 0.6) is 0 Å². The second-order valence-corrected chi connectivity index (χ2v) is 4.88. The van der Waals surface area contributed by atoms with Crippen LogP contribution in [-0.4, -0.2) is 27.7 Å². The topological polar surface area (TPSA) is 110 Å². The average Bonchev–Trinajstić information content (AvgIpc) is 2.73. The number of nitrogens with zero attached hydrogens (tertiary/aromatic N) is 3. The van der Waals surface area contributed by atoms with E-state index in [2.05, 4.69) is 20.6 Å². The zero-order valence-corrected chi connectivity index (χ0v) is 11.1. The summed E-state index contributed by atoms with van der Waals surface area (Å²) in [7, 11) is 0. The molecular weight excluding hydrogens is 234 g/mol. The van der Waals surface area contributed by atoms with Gasteiger partial charge in [0.05, 0.1) is 6.54 Å². The van der Waals surface area contributed by atoms with E-state index in [0.29, 0.717) is 18.3 Å². The van der Waals surface area contributed by atoms with Crippen molar-refractivity contribution in [2.75, 3.05) is 6.54 Å². The molecule has 7 nitrogen and oxygen atoms in total. The zero-order valence-electron chi connectivity index (χ0n) is 11.1. The number of nitrogens with one attached hydrogen (secondary N) is 1. The summed E-state index contributed by atoms with van der Waals surface area (Å²) in [6, 6.07) is 0. The van der Waals surface area contributed by atoms with Crippen molar-refractivity contribution >= 4 is 5.84 Å². The summed E-state index contributed by atoms with van der Waals surface area (Å²) < 4.78 is 4.97. The maximum Gasteiger partial charge on any atom is 0.240 e. The van der Waals surface area contributed by atoms with Gasteiger partial charge in [0.15, 0.2) is 5.82 Å². The molecular formula is C11H21N5O2. The van der Waals surface area contributed by atoms with Crippen LogP contribution in [0.4, 0.5) is 0 Å². The molecule has 0 unspecified atom stereocenters. The molecule has 1 heterocycles. The van der Waals surface area contributed by atoms with Gasteiger partial charge in [0.25, 0.3) is 0 Å². The smallest absolute Gasteiger partial charge is 0.240 e. The summed E-state index contributed by atoms with van der Waals surface area (Å²) in [6.07, 6.45) is 1.75. The van der Waals surface area contributed by atoms with Crippen molar-refractivity contribution < 1.29 is 9.73 Å². The Labute approximate surface area is 106 Å². The molecule has 0 amide bonds. The number of aryl methyl sites for hydroxylation is 1. The van der Waals surface area contributed by atoms with Crippen molar-refractivity contribution in [3.8, 4) is 0 Å². The van der Waals surface area contributed by atoms with Crippen molar-refractivity contribution in [1.29, 1.82) is 0 Å². The van der Waals surface area contributed by atoms with Crippen LogP contribution in [0.3, 0.4) is 0 Å². The SMILES string of the molecule is Cc1noc(CNCCCC(C)(C)C(N)=NO)n1. The molecule has 7 heteroatoms. The number of amidine groups is 1. The van der Waals surface area contributed by atoms with Gasteiger partial charge in [-0.15, -0.1) is 0 Å². The third-order valence-electron chi connectivity index (χ3n) is 2.80. The van der Waals surface area contributed by atoms with E-state index in [1.807, 2.05) is 13.8 Å². The van der Waals surface area contributed by atoms with Crippen molar-refractivity contribution in [2.45, 2.75) is 40.2 Å². The van der Waals surface area contributed by atoms with Gasteiger partial charge in [0, 0.05) is 5.41 Å². The van der Waals surface area contributed by atoms with Crippen molar-refractivity contribution in [2.24, 2.45) is 16.3 Å². The highest BCUT2D eigenvalue weighted by Gasteiger charge is 2.22. The Morgan fingerprint density at radius 1 is 1.56 bits per heavy atom. The molecule has 0 radical (unpaired) electrons. The van der Waals surface area contributed by atoms with Crippen LogP contribution in [0.2, 0.25) is 0 Å². The molecule has 0 aliphatic heterocycles. The van der Waals surface area contributed by atoms with E-state index in [9.17, 15) is 0 Å². The minimum atomic E-state index is -0.294. The van der Waals surface area contributed by atoms with Gasteiger partial charge in [-0.2, -0.15) is 4.98 Å². The monoisotopic (exact) mass is 255 g/mol. The van der Waals surface area contributed by atoms with Crippen LogP contribution >= 0.6 is 0 Å². The molecule has 1 aromatic rings. The standard InChI is InChI=1S/C11H21N5O2/c1-8-14-9(18-16-8)7-13-6-4-5-11(2,3)10(12)15-17/h13,17H,4-7H2,1-3H3,(H2,12,15). The van der Waals surface area contributed by atoms with E-state index >= 15 is 0 Å². The number of nitrogens with two attached hydrogens (primary N) is 1. The highest BCUT2D eigenvalue weighted by Crippen LogP contribution is 2.21. The Kier molecular flexibility index (Phi) is 5.08. The van der Waals surface area contributed by atoms with Gasteiger partial charge in [-0.3, -0.25) is 0 Å². The van der Waals surface area contributed by atoms with Gasteiger partial charge in [-0.1, -0.05) is 24.2 Å². The number of oxime groups is 1. The molecule has 0 saturated heterocycles. The summed E-state index contributed by atoms with van der Waals surface area (Å²) >= 11 is 0. The summed E-state index contributed by atoms with van der Waals surface area (Å²) in [5.41, 5.74) is 5.31. The molecule has 0 aromatic carbocycles. The molecule has 1 aromatic heterocycles. The van der Waals surface area contributed by atoms with Gasteiger partial charge in [0.2, 0.25) is 5.89 Å². The fraction of sp³-hybridized carbons (Fsp3) is 0.727. The Hall–Kier alpha value is -1.63. The van der Waals surface area contributed by atoms with Crippen LogP contribution < -0.4 is 11.1 Å². The van der Waals surface area contributed by atoms with E-state index in [0.717, 1.165) is 19.4 Å². The highest BCUT2D eigenvalue weighted by molar-refractivity contribution is 5.85. The number of hydrogen-bond donors (Lipinski definition) is 3. The lowest BCUT2D eigenvalue weighted by Crippen LogP contribution is -2.32. The normalized spacial score (nSPS) is 12.9. The van der Waals surface area contributed by atoms with E-state index in [1.54, 1.807) is 6.92 Å². The molecule has 0 atom stereocenters. The maximum atomic E-state index is 8.64. The molecule has 0 bridgehead atoms. The maximum absolute atomic E-state index is 8.64. The van der Waals surface area contributed by atoms with Crippen molar-refractivity contribution in [1.82, 2.24) is 15.5 Å². The number of hydrogen-bond acceptors (Lipinski definition) is 6. The second-order valence-electron chi connectivity index (χ2n) is 4.88. The number of aromatic nitrogens is 2. The van der Waals surface area contributed by atoms with Crippen LogP contribution in [0.1, 0.15) is 38.4 Å². The predicted molar refractivity (Wildman–Crippen MR) is 67.2 cm³/mol. The van der Waals surface area contributed by atoms with Crippen LogP contribution in [0, 0.1) is 12.3 Å². The Morgan fingerprint density at radius 2 is 2.28 bits per heavy atom. The quantitative estimate of drug-likeness (QED) is 0.221. The first-order valence-corrected chi connectivity index (χ1v) is 5.93. The fourth-order valence-corrected chi connectivity index (χ4v) is 1.53. The minimum absolute atomic E-state index is 0.259. The third kappa shape index (κ3) is 4.33. The molecule has 18 heavy (non-hydrogen) atoms. The first kappa shape index (κ1) is 14.4. The minimum Gasteiger partial charge on any atom is -0.409 e. The van der Waals surface area contributed by atoms with E-state index in [1.165, 1.54) is 0 Å². The molecule has 0 aliphatic rings. The van der Waals surface area contributed by atoms with E-state index in [4.69, 9.17) is 15.5 Å². The fourth-order valence-electron chi connectivity index (χ4n) is 1.53. The van der Waals surface area contributed by atoms with Crippen molar-refractivity contribution in [3.05, 3.63) is 11.7 Å². The molecule has 102 valence electrons. The van der Waals surface area contributed by atoms with E-state index < -0.39 is 0 Å². The summed E-state index contributed by atoms with van der Waals surface area (Å²) in [5.74, 6) is 1.48. The van der Waals surface area contributed by atoms with Gasteiger partial charge >= 0.3 is 0 Å². The predicted octanol–water partition coefficient (Wildman–Crippen LogP) is 1.02. The van der Waals surface area contributed by atoms with Gasteiger partial charge in [-0.05, 0) is 26.3 Å². The van der Waals surface area contributed by atoms with Crippen LogP contribution in [0.25, 0.3) is 0 Å². The zero-order chi connectivity index (χ0) is 13.6. The lowest BCUT2D eigenvalue weighted by Gasteiger charge is -2.22. The Balaban J connectivity index is 2.19. The molecule has 0 spiro atoms. The molecule has 0 aliphatic carbocycles. The average molecular weight is 255 g/mol. The van der Waals surface area contributed by atoms with Crippen LogP contribution in [0.15, 0.2) is 9.68 Å². The van der Waals surface area contributed by atoms with Gasteiger partial charge < -0.3 is 20.8 Å². The van der Waals surface area contributed by atoms with Gasteiger partial charge in [-0.25, -0.2) is 0 Å². The van der Waals surface area contributed by atoms with Crippen LogP contribution in [-0.2, 0) is 6.54 Å². The lowest BCUT2D eigenvalue weighted by atomic mass is 9.86. The molecule has 0 saturated carbocycles. The lowest BCUT2D eigenvalue weighted by molar-refractivity contribution is 0.304. The second kappa shape index (κ2) is 6.34. The largest absolute Gasteiger partial charge is 0.409 e. The third-order valence-corrected chi connectivity index (χ3v) is 2.80. The van der Waals surface area contributed by atoms with E-state index in [-0.39, 0.29) is 11.3 Å². The summed E-state index contributed by atoms with van der Waals surface area (Å²) in [4.78, 5) is 4.09. The highest BCUT2D eigenvalue weighted by atomic mass is 16.5. The van der Waals surface area contributed by atoms with Crippen molar-refractivity contribution in [3.63, 3.8) is 0 Å². The first-order valence-electron chi connectivity index (χ1n) is 5.93. The summed E-state index contributed by atoms with van der Waals surface area (Å²) in [5, 5.41) is 18.6. The number of rotatable bonds is 7. The Morgan fingerprint density at radius 3 is 2.83 bits per heavy atom. The summed E-state index contributed by atoms with van der Waals surface area (Å²) in [6.45, 7) is 7.05. The first-order chi connectivity index (χ1) is 8.45.